The third kappa shape index (κ3) is 11.4. The summed E-state index contributed by atoms with van der Waals surface area (Å²) >= 11 is 0. The number of carbonyl (C=O) groups is 3. The molecule has 0 aromatic rings. The number of rotatable bonds is 10. The molecule has 4 unspecified atom stereocenters. The van der Waals surface area contributed by atoms with Crippen LogP contribution in [0.5, 0.6) is 0 Å². The lowest BCUT2D eigenvalue weighted by Crippen LogP contribution is -2.55. The van der Waals surface area contributed by atoms with Crippen LogP contribution in [-0.4, -0.2) is 92.9 Å². The lowest BCUT2D eigenvalue weighted by molar-refractivity contribution is -0.327. The molecule has 148 valence electrons. The summed E-state index contributed by atoms with van der Waals surface area (Å²) in [6.07, 6.45) is -9.50. The molecule has 0 spiro atoms. The van der Waals surface area contributed by atoms with Gasteiger partial charge in [-0.3, -0.25) is 4.79 Å². The Hall–Kier alpha value is -1.79. The van der Waals surface area contributed by atoms with Crippen molar-refractivity contribution in [3.63, 3.8) is 0 Å². The first-order valence-corrected chi connectivity index (χ1v) is 7.39. The molecule has 11 heteroatoms. The van der Waals surface area contributed by atoms with Crippen molar-refractivity contribution in [2.45, 2.75) is 44.7 Å². The fourth-order valence-corrected chi connectivity index (χ4v) is 1.68. The molecule has 0 saturated heterocycles. The maximum Gasteiger partial charge on any atom is 0.303 e. The molecule has 25 heavy (non-hydrogen) atoms. The minimum Gasteiger partial charge on any atom is -0.547 e. The van der Waals surface area contributed by atoms with E-state index in [4.69, 9.17) is 25.5 Å². The Bertz CT molecular complexity index is 406. The van der Waals surface area contributed by atoms with Gasteiger partial charge in [-0.2, -0.15) is 0 Å². The topological polar surface area (TPSA) is 202 Å². The normalized spacial score (nSPS) is 16.8. The van der Waals surface area contributed by atoms with Gasteiger partial charge >= 0.3 is 5.97 Å². The van der Waals surface area contributed by atoms with Crippen LogP contribution < -0.4 is 10.2 Å². The van der Waals surface area contributed by atoms with Gasteiger partial charge in [0.15, 0.2) is 0 Å². The zero-order chi connectivity index (χ0) is 20.3. The third-order valence-corrected chi connectivity index (χ3v) is 3.17. The average Bonchev–Trinajstić information content (AvgIpc) is 2.51. The van der Waals surface area contributed by atoms with Gasteiger partial charge in [-0.1, -0.05) is 13.8 Å². The van der Waals surface area contributed by atoms with Gasteiger partial charge in [-0.15, -0.1) is 0 Å². The number of aliphatic hydroxyl groups excluding tert-OH is 4. The first kappa shape index (κ1) is 25.5. The van der Waals surface area contributed by atoms with E-state index >= 15 is 0 Å². The highest BCUT2D eigenvalue weighted by atomic mass is 16.4. The number of carboxylic acids is 3. The molecule has 0 aromatic heterocycles. The van der Waals surface area contributed by atoms with Crippen molar-refractivity contribution < 1.29 is 50.1 Å². The predicted octanol–water partition coefficient (Wildman–Crippen LogP) is -5.02. The maximum atomic E-state index is 10.3. The van der Waals surface area contributed by atoms with Gasteiger partial charge < -0.3 is 50.2 Å². The van der Waals surface area contributed by atoms with Crippen LogP contribution in [0, 0.1) is 5.92 Å². The summed E-state index contributed by atoms with van der Waals surface area (Å²) < 4.78 is 0. The number of carbonyl (C=O) groups excluding carboxylic acids is 2. The second kappa shape index (κ2) is 12.6. The zero-order valence-corrected chi connectivity index (χ0v) is 14.2. The summed E-state index contributed by atoms with van der Waals surface area (Å²) in [4.78, 5) is 32.3. The summed E-state index contributed by atoms with van der Waals surface area (Å²) in [5.74, 6) is -4.68. The molecule has 0 amide bonds. The highest BCUT2D eigenvalue weighted by Gasteiger charge is 2.31. The molecule has 0 radical (unpaired) electrons. The first-order chi connectivity index (χ1) is 11.3. The van der Waals surface area contributed by atoms with Crippen molar-refractivity contribution in [2.75, 3.05) is 20.1 Å². The Balaban J connectivity index is 0. The second-order valence-corrected chi connectivity index (χ2v) is 5.57. The van der Waals surface area contributed by atoms with Gasteiger partial charge in [-0.25, -0.2) is 0 Å². The van der Waals surface area contributed by atoms with Gasteiger partial charge in [0.1, 0.15) is 24.4 Å². The van der Waals surface area contributed by atoms with E-state index in [9.17, 15) is 24.6 Å². The van der Waals surface area contributed by atoms with Crippen molar-refractivity contribution >= 4 is 17.9 Å². The van der Waals surface area contributed by atoms with E-state index in [1.807, 2.05) is 14.0 Å². The molecule has 0 rings (SSSR count). The Morgan fingerprint density at radius 2 is 1.32 bits per heavy atom. The summed E-state index contributed by atoms with van der Waals surface area (Å²) in [7, 11) is 2.00. The summed E-state index contributed by atoms with van der Waals surface area (Å²) in [5.41, 5.74) is 0. The van der Waals surface area contributed by atoms with E-state index in [1.165, 1.54) is 0 Å². The van der Waals surface area contributed by atoms with Crippen LogP contribution in [0.3, 0.4) is 0 Å². The van der Waals surface area contributed by atoms with Gasteiger partial charge in [0, 0.05) is 13.0 Å². The van der Waals surface area contributed by atoms with E-state index in [-0.39, 0.29) is 12.3 Å². The number of aliphatic carboxylic acids is 3. The SMILES string of the molecule is CCN(C)C[C@H](C)CC(=O)O.O=C([O-])C(O)C(O)C(O)C(O)C(=O)[O-]. The van der Waals surface area contributed by atoms with Gasteiger partial charge in [-0.05, 0) is 19.5 Å². The largest absolute Gasteiger partial charge is 0.547 e. The molecule has 5 atom stereocenters. The maximum absolute atomic E-state index is 10.3. The quantitative estimate of drug-likeness (QED) is 0.247. The molecule has 0 aliphatic heterocycles. The van der Waals surface area contributed by atoms with Gasteiger partial charge in [0.2, 0.25) is 0 Å². The number of carboxylic acid groups (broad SMARTS) is 3. The van der Waals surface area contributed by atoms with E-state index in [2.05, 4.69) is 11.8 Å². The van der Waals surface area contributed by atoms with Crippen LogP contribution in [0.15, 0.2) is 0 Å². The molecular formula is C14H25NO10-2. The standard InChI is InChI=1S/C8H17NO2.C6H10O8/c1-4-9(3)6-7(2)5-8(10)11;7-1(3(9)5(11)12)2(8)4(10)6(13)14/h7H,4-6H2,1-3H3,(H,10,11);1-4,7-10H,(H,11,12)(H,13,14)/p-2/t7-;/m1./s1. The summed E-state index contributed by atoms with van der Waals surface area (Å²) in [5, 5.41) is 63.2. The van der Waals surface area contributed by atoms with Crippen LogP contribution in [0.4, 0.5) is 0 Å². The Labute approximate surface area is 144 Å². The molecule has 0 aliphatic carbocycles. The van der Waals surface area contributed by atoms with E-state index in [0.29, 0.717) is 0 Å². The number of nitrogens with zero attached hydrogens (tertiary/aromatic N) is 1. The lowest BCUT2D eigenvalue weighted by Gasteiger charge is -2.27. The monoisotopic (exact) mass is 367 g/mol. The first-order valence-electron chi connectivity index (χ1n) is 7.39. The number of hydrogen-bond acceptors (Lipinski definition) is 10. The summed E-state index contributed by atoms with van der Waals surface area (Å²) in [6, 6.07) is 0. The molecule has 11 nitrogen and oxygen atoms in total. The fourth-order valence-electron chi connectivity index (χ4n) is 1.68. The van der Waals surface area contributed by atoms with Crippen LogP contribution in [0.2, 0.25) is 0 Å². The molecule has 0 aliphatic rings. The van der Waals surface area contributed by atoms with Crippen molar-refractivity contribution in [1.82, 2.24) is 4.90 Å². The van der Waals surface area contributed by atoms with Gasteiger partial charge in [0.25, 0.3) is 0 Å². The van der Waals surface area contributed by atoms with Crippen molar-refractivity contribution in [1.29, 1.82) is 0 Å². The molecule has 0 aromatic carbocycles. The van der Waals surface area contributed by atoms with Crippen LogP contribution >= 0.6 is 0 Å². The van der Waals surface area contributed by atoms with Crippen LogP contribution in [0.1, 0.15) is 20.3 Å². The second-order valence-electron chi connectivity index (χ2n) is 5.57. The van der Waals surface area contributed by atoms with Crippen molar-refractivity contribution in [2.24, 2.45) is 5.92 Å². The average molecular weight is 367 g/mol. The molecule has 0 bridgehead atoms. The molecular weight excluding hydrogens is 342 g/mol. The fraction of sp³-hybridized carbons (Fsp3) is 0.786. The molecule has 5 N–H and O–H groups in total. The van der Waals surface area contributed by atoms with E-state index < -0.39 is 42.3 Å². The Kier molecular flexibility index (Phi) is 12.8. The van der Waals surface area contributed by atoms with Crippen molar-refractivity contribution in [3.05, 3.63) is 0 Å². The van der Waals surface area contributed by atoms with Gasteiger partial charge in [0.05, 0.1) is 11.9 Å². The number of aliphatic hydroxyl groups is 4. The Morgan fingerprint density at radius 1 is 0.960 bits per heavy atom. The number of hydrogen-bond donors (Lipinski definition) is 5. The van der Waals surface area contributed by atoms with Crippen LogP contribution in [0.25, 0.3) is 0 Å². The minimum absolute atomic E-state index is 0.248. The van der Waals surface area contributed by atoms with E-state index in [1.54, 1.807) is 0 Å². The Morgan fingerprint density at radius 3 is 1.56 bits per heavy atom. The zero-order valence-electron chi connectivity index (χ0n) is 14.2. The minimum atomic E-state index is -2.50. The molecule has 0 fully saturated rings. The third-order valence-electron chi connectivity index (χ3n) is 3.17. The highest BCUT2D eigenvalue weighted by molar-refractivity contribution is 5.72. The highest BCUT2D eigenvalue weighted by Crippen LogP contribution is 2.04. The smallest absolute Gasteiger partial charge is 0.303 e. The molecule has 0 heterocycles. The molecule has 0 saturated carbocycles. The van der Waals surface area contributed by atoms with Crippen LogP contribution in [-0.2, 0) is 14.4 Å². The summed E-state index contributed by atoms with van der Waals surface area (Å²) in [6.45, 7) is 5.86. The van der Waals surface area contributed by atoms with Crippen molar-refractivity contribution in [3.8, 4) is 0 Å². The lowest BCUT2D eigenvalue weighted by atomic mass is 10.0. The van der Waals surface area contributed by atoms with E-state index in [0.717, 1.165) is 13.1 Å². The predicted molar refractivity (Wildman–Crippen MR) is 78.6 cm³/mol.